The first kappa shape index (κ1) is 12.0. The highest BCUT2D eigenvalue weighted by Crippen LogP contribution is 2.17. The summed E-state index contributed by atoms with van der Waals surface area (Å²) in [6, 6.07) is 0.794. The minimum absolute atomic E-state index is 0.379. The predicted octanol–water partition coefficient (Wildman–Crippen LogP) is 2.72. The molecular formula is C12H25NO. The monoisotopic (exact) mass is 199 g/mol. The van der Waals surface area contributed by atoms with E-state index in [2.05, 4.69) is 19.2 Å². The van der Waals surface area contributed by atoms with Gasteiger partial charge in [-0.2, -0.15) is 0 Å². The molecule has 0 spiro atoms. The molecule has 0 radical (unpaired) electrons. The third-order valence-corrected chi connectivity index (χ3v) is 2.81. The van der Waals surface area contributed by atoms with Gasteiger partial charge in [-0.1, -0.05) is 19.3 Å². The molecule has 0 unspecified atom stereocenters. The molecule has 1 saturated carbocycles. The van der Waals surface area contributed by atoms with E-state index in [4.69, 9.17) is 4.74 Å². The van der Waals surface area contributed by atoms with Crippen LogP contribution in [0.25, 0.3) is 0 Å². The van der Waals surface area contributed by atoms with Crippen LogP contribution in [0.3, 0.4) is 0 Å². The molecule has 0 heterocycles. The van der Waals surface area contributed by atoms with Crippen molar-refractivity contribution in [3.63, 3.8) is 0 Å². The van der Waals surface area contributed by atoms with Crippen LogP contribution in [-0.2, 0) is 4.74 Å². The molecular weight excluding hydrogens is 174 g/mol. The first-order valence-corrected chi connectivity index (χ1v) is 6.14. The van der Waals surface area contributed by atoms with E-state index in [1.54, 1.807) is 0 Å². The fourth-order valence-electron chi connectivity index (χ4n) is 2.00. The lowest BCUT2D eigenvalue weighted by molar-refractivity contribution is 0.0765. The Kier molecular flexibility index (Phi) is 6.20. The van der Waals surface area contributed by atoms with Gasteiger partial charge in [0.2, 0.25) is 0 Å². The highest BCUT2D eigenvalue weighted by Gasteiger charge is 2.11. The van der Waals surface area contributed by atoms with Gasteiger partial charge in [0.25, 0.3) is 0 Å². The molecule has 0 amide bonds. The molecule has 2 heteroatoms. The van der Waals surface area contributed by atoms with Crippen molar-refractivity contribution in [2.24, 2.45) is 0 Å². The first-order valence-electron chi connectivity index (χ1n) is 6.14. The average molecular weight is 199 g/mol. The van der Waals surface area contributed by atoms with Crippen LogP contribution in [0, 0.1) is 0 Å². The van der Waals surface area contributed by atoms with Gasteiger partial charge in [0.1, 0.15) is 0 Å². The SMILES string of the molecule is CC(C)OCCCNC1CCCCC1. The van der Waals surface area contributed by atoms with Gasteiger partial charge in [-0.15, -0.1) is 0 Å². The lowest BCUT2D eigenvalue weighted by Gasteiger charge is -2.22. The van der Waals surface area contributed by atoms with Crippen LogP contribution in [0.4, 0.5) is 0 Å². The average Bonchev–Trinajstić information content (AvgIpc) is 2.18. The Labute approximate surface area is 88.4 Å². The Bertz CT molecular complexity index is 130. The molecule has 0 aromatic heterocycles. The lowest BCUT2D eigenvalue weighted by Crippen LogP contribution is -2.32. The summed E-state index contributed by atoms with van der Waals surface area (Å²) in [5, 5.41) is 3.62. The molecule has 2 nitrogen and oxygen atoms in total. The fraction of sp³-hybridized carbons (Fsp3) is 1.00. The summed E-state index contributed by atoms with van der Waals surface area (Å²) in [6.45, 7) is 6.21. The van der Waals surface area contributed by atoms with E-state index >= 15 is 0 Å². The topological polar surface area (TPSA) is 21.3 Å². The molecule has 84 valence electrons. The molecule has 14 heavy (non-hydrogen) atoms. The molecule has 1 aliphatic rings. The number of rotatable bonds is 6. The van der Waals surface area contributed by atoms with Gasteiger partial charge >= 0.3 is 0 Å². The van der Waals surface area contributed by atoms with Gasteiger partial charge in [0, 0.05) is 12.6 Å². The van der Waals surface area contributed by atoms with E-state index in [1.807, 2.05) is 0 Å². The maximum atomic E-state index is 5.49. The Morgan fingerprint density at radius 2 is 1.93 bits per heavy atom. The van der Waals surface area contributed by atoms with Gasteiger partial charge in [-0.05, 0) is 39.7 Å². The van der Waals surface area contributed by atoms with Gasteiger partial charge in [0.05, 0.1) is 6.10 Å². The summed E-state index contributed by atoms with van der Waals surface area (Å²) in [7, 11) is 0. The minimum atomic E-state index is 0.379. The number of hydrogen-bond donors (Lipinski definition) is 1. The summed E-state index contributed by atoms with van der Waals surface area (Å²) >= 11 is 0. The molecule has 0 atom stereocenters. The normalized spacial score (nSPS) is 19.1. The molecule has 1 fully saturated rings. The number of nitrogens with one attached hydrogen (secondary N) is 1. The van der Waals surface area contributed by atoms with Crippen LogP contribution in [0.2, 0.25) is 0 Å². The summed E-state index contributed by atoms with van der Waals surface area (Å²) in [5.41, 5.74) is 0. The van der Waals surface area contributed by atoms with Crippen molar-refractivity contribution in [3.05, 3.63) is 0 Å². The summed E-state index contributed by atoms with van der Waals surface area (Å²) in [6.07, 6.45) is 8.56. The second-order valence-corrected chi connectivity index (χ2v) is 4.56. The Morgan fingerprint density at radius 3 is 2.57 bits per heavy atom. The van der Waals surface area contributed by atoms with Crippen LogP contribution in [0.5, 0.6) is 0 Å². The van der Waals surface area contributed by atoms with Crippen molar-refractivity contribution < 1.29 is 4.74 Å². The van der Waals surface area contributed by atoms with E-state index in [1.165, 1.54) is 32.1 Å². The van der Waals surface area contributed by atoms with Gasteiger partial charge < -0.3 is 10.1 Å². The van der Waals surface area contributed by atoms with Crippen molar-refractivity contribution >= 4 is 0 Å². The Hall–Kier alpha value is -0.0800. The molecule has 0 bridgehead atoms. The van der Waals surface area contributed by atoms with Crippen LogP contribution < -0.4 is 5.32 Å². The predicted molar refractivity (Wildman–Crippen MR) is 60.6 cm³/mol. The minimum Gasteiger partial charge on any atom is -0.379 e. The van der Waals surface area contributed by atoms with Crippen LogP contribution in [0.15, 0.2) is 0 Å². The number of hydrogen-bond acceptors (Lipinski definition) is 2. The van der Waals surface area contributed by atoms with Crippen molar-refractivity contribution in [1.82, 2.24) is 5.32 Å². The zero-order valence-corrected chi connectivity index (χ0v) is 9.72. The molecule has 1 aliphatic carbocycles. The van der Waals surface area contributed by atoms with E-state index in [9.17, 15) is 0 Å². The van der Waals surface area contributed by atoms with Crippen LogP contribution in [0.1, 0.15) is 52.4 Å². The van der Waals surface area contributed by atoms with E-state index < -0.39 is 0 Å². The second kappa shape index (κ2) is 7.24. The van der Waals surface area contributed by atoms with Crippen molar-refractivity contribution in [1.29, 1.82) is 0 Å². The van der Waals surface area contributed by atoms with Gasteiger partial charge in [-0.3, -0.25) is 0 Å². The highest BCUT2D eigenvalue weighted by molar-refractivity contribution is 4.71. The van der Waals surface area contributed by atoms with Crippen molar-refractivity contribution in [2.75, 3.05) is 13.2 Å². The maximum absolute atomic E-state index is 5.49. The Morgan fingerprint density at radius 1 is 1.21 bits per heavy atom. The van der Waals surface area contributed by atoms with Crippen LogP contribution >= 0.6 is 0 Å². The molecule has 0 aromatic carbocycles. The van der Waals surface area contributed by atoms with Crippen molar-refractivity contribution in [3.8, 4) is 0 Å². The summed E-state index contributed by atoms with van der Waals surface area (Å²) in [4.78, 5) is 0. The lowest BCUT2D eigenvalue weighted by atomic mass is 9.95. The number of ether oxygens (including phenoxy) is 1. The van der Waals surface area contributed by atoms with Gasteiger partial charge in [-0.25, -0.2) is 0 Å². The van der Waals surface area contributed by atoms with Crippen molar-refractivity contribution in [2.45, 2.75) is 64.5 Å². The van der Waals surface area contributed by atoms with Crippen LogP contribution in [-0.4, -0.2) is 25.3 Å². The standard InChI is InChI=1S/C12H25NO/c1-11(2)14-10-6-9-13-12-7-4-3-5-8-12/h11-13H,3-10H2,1-2H3. The molecule has 1 rings (SSSR count). The van der Waals surface area contributed by atoms with Gasteiger partial charge in [0.15, 0.2) is 0 Å². The summed E-state index contributed by atoms with van der Waals surface area (Å²) in [5.74, 6) is 0. The third kappa shape index (κ3) is 5.61. The largest absolute Gasteiger partial charge is 0.379 e. The molecule has 0 aliphatic heterocycles. The quantitative estimate of drug-likeness (QED) is 0.664. The zero-order valence-electron chi connectivity index (χ0n) is 9.72. The van der Waals surface area contributed by atoms with E-state index in [0.717, 1.165) is 25.6 Å². The maximum Gasteiger partial charge on any atom is 0.0518 e. The van der Waals surface area contributed by atoms with E-state index in [0.29, 0.717) is 6.10 Å². The molecule has 0 aromatic rings. The molecule has 1 N–H and O–H groups in total. The smallest absolute Gasteiger partial charge is 0.0518 e. The fourth-order valence-corrected chi connectivity index (χ4v) is 2.00. The Balaban J connectivity index is 1.87. The third-order valence-electron chi connectivity index (χ3n) is 2.81. The van der Waals surface area contributed by atoms with E-state index in [-0.39, 0.29) is 0 Å². The second-order valence-electron chi connectivity index (χ2n) is 4.56. The summed E-state index contributed by atoms with van der Waals surface area (Å²) < 4.78 is 5.49. The molecule has 0 saturated heterocycles. The highest BCUT2D eigenvalue weighted by atomic mass is 16.5. The first-order chi connectivity index (χ1) is 6.79. The zero-order chi connectivity index (χ0) is 10.2.